The third-order valence-electron chi connectivity index (χ3n) is 1.80. The van der Waals surface area contributed by atoms with Crippen molar-refractivity contribution in [3.8, 4) is 0 Å². The van der Waals surface area contributed by atoms with Crippen molar-refractivity contribution in [2.24, 2.45) is 0 Å². The van der Waals surface area contributed by atoms with Crippen molar-refractivity contribution in [1.29, 1.82) is 0 Å². The molecule has 2 aliphatic heterocycles. The quantitative estimate of drug-likeness (QED) is 0.728. The van der Waals surface area contributed by atoms with Gasteiger partial charge < -0.3 is 14.2 Å². The summed E-state index contributed by atoms with van der Waals surface area (Å²) in [5.41, 5.74) is 0. The zero-order valence-corrected chi connectivity index (χ0v) is 9.63. The van der Waals surface area contributed by atoms with Crippen LogP contribution in [0, 0.1) is 0 Å². The van der Waals surface area contributed by atoms with Crippen molar-refractivity contribution in [2.75, 3.05) is 13.2 Å². The molecule has 2 rings (SSSR count). The number of thiol groups is 2. The van der Waals surface area contributed by atoms with Crippen LogP contribution < -0.4 is 0 Å². The van der Waals surface area contributed by atoms with Crippen LogP contribution in [0.25, 0.3) is 0 Å². The normalized spacial score (nSPS) is 20.1. The lowest BCUT2D eigenvalue weighted by molar-refractivity contribution is 0.234. The van der Waals surface area contributed by atoms with Crippen LogP contribution in [0.4, 0.5) is 0 Å². The smallest absolute Gasteiger partial charge is 0.154 e. The Bertz CT molecular complexity index is 344. The fourth-order valence-electron chi connectivity index (χ4n) is 1.14. The molecular formula is C10H10O3S2. The van der Waals surface area contributed by atoms with Crippen LogP contribution in [0.2, 0.25) is 0 Å². The zero-order chi connectivity index (χ0) is 10.7. The lowest BCUT2D eigenvalue weighted by Gasteiger charge is -2.16. The molecule has 0 spiro atoms. The molecule has 0 aliphatic carbocycles. The first-order valence-electron chi connectivity index (χ1n) is 4.39. The standard InChI is InChI=1S/C10H10O3S2/c14-9-5-7(1-3-11-9)13-8-2-4-12-10(15)6-8/h1-2,5-6,14-15H,3-4H2. The molecule has 80 valence electrons. The van der Waals surface area contributed by atoms with Gasteiger partial charge in [-0.25, -0.2) is 0 Å². The first-order valence-corrected chi connectivity index (χ1v) is 5.28. The maximum atomic E-state index is 5.58. The second-order valence-electron chi connectivity index (χ2n) is 2.90. The molecule has 0 radical (unpaired) electrons. The van der Waals surface area contributed by atoms with Crippen LogP contribution in [0.3, 0.4) is 0 Å². The monoisotopic (exact) mass is 242 g/mol. The summed E-state index contributed by atoms with van der Waals surface area (Å²) >= 11 is 8.20. The average molecular weight is 242 g/mol. The Morgan fingerprint density at radius 2 is 1.40 bits per heavy atom. The van der Waals surface area contributed by atoms with Crippen molar-refractivity contribution in [1.82, 2.24) is 0 Å². The topological polar surface area (TPSA) is 27.7 Å². The van der Waals surface area contributed by atoms with Gasteiger partial charge in [-0.2, -0.15) is 0 Å². The molecule has 0 aromatic carbocycles. The molecule has 0 saturated carbocycles. The molecule has 0 N–H and O–H groups in total. The van der Waals surface area contributed by atoms with E-state index in [1.54, 1.807) is 12.2 Å². The highest BCUT2D eigenvalue weighted by molar-refractivity contribution is 7.84. The van der Waals surface area contributed by atoms with Gasteiger partial charge in [0.25, 0.3) is 0 Å². The zero-order valence-electron chi connectivity index (χ0n) is 7.84. The summed E-state index contributed by atoms with van der Waals surface area (Å²) in [4.78, 5) is 0. The van der Waals surface area contributed by atoms with Gasteiger partial charge in [0.05, 0.1) is 0 Å². The largest absolute Gasteiger partial charge is 0.483 e. The average Bonchev–Trinajstić information content (AvgIpc) is 2.17. The van der Waals surface area contributed by atoms with Crippen LogP contribution in [-0.4, -0.2) is 13.2 Å². The summed E-state index contributed by atoms with van der Waals surface area (Å²) in [6.45, 7) is 0.956. The SMILES string of the molecule is SC1=CC(OC2=CCOC(S)=C2)=CCO1. The fourth-order valence-corrected chi connectivity index (χ4v) is 1.54. The molecule has 2 heterocycles. The highest BCUT2D eigenvalue weighted by Crippen LogP contribution is 2.21. The van der Waals surface area contributed by atoms with Crippen LogP contribution in [0.15, 0.2) is 46.0 Å². The van der Waals surface area contributed by atoms with E-state index in [1.165, 1.54) is 0 Å². The molecule has 0 aromatic rings. The van der Waals surface area contributed by atoms with Crippen molar-refractivity contribution in [3.63, 3.8) is 0 Å². The first kappa shape index (κ1) is 10.6. The second kappa shape index (κ2) is 4.72. The van der Waals surface area contributed by atoms with E-state index in [4.69, 9.17) is 14.2 Å². The number of hydrogen-bond donors (Lipinski definition) is 2. The summed E-state index contributed by atoms with van der Waals surface area (Å²) in [5, 5.41) is 1.10. The molecule has 0 unspecified atom stereocenters. The van der Waals surface area contributed by atoms with E-state index in [0.29, 0.717) is 23.4 Å². The number of ether oxygens (including phenoxy) is 3. The fraction of sp³-hybridized carbons (Fsp3) is 0.200. The summed E-state index contributed by atoms with van der Waals surface area (Å²) in [5.74, 6) is 1.44. The molecule has 0 saturated heterocycles. The highest BCUT2D eigenvalue weighted by Gasteiger charge is 2.08. The van der Waals surface area contributed by atoms with Gasteiger partial charge in [-0.05, 0) is 12.2 Å². The van der Waals surface area contributed by atoms with Crippen molar-refractivity contribution >= 4 is 25.3 Å². The molecule has 0 fully saturated rings. The van der Waals surface area contributed by atoms with E-state index in [9.17, 15) is 0 Å². The van der Waals surface area contributed by atoms with E-state index in [0.717, 1.165) is 11.5 Å². The number of hydrogen-bond acceptors (Lipinski definition) is 5. The third kappa shape index (κ3) is 3.00. The van der Waals surface area contributed by atoms with Gasteiger partial charge in [0.15, 0.2) is 10.2 Å². The van der Waals surface area contributed by atoms with Gasteiger partial charge >= 0.3 is 0 Å². The van der Waals surface area contributed by atoms with Crippen LogP contribution in [0.1, 0.15) is 0 Å². The van der Waals surface area contributed by atoms with Gasteiger partial charge in [0.2, 0.25) is 0 Å². The molecule has 0 bridgehead atoms. The summed E-state index contributed by atoms with van der Waals surface area (Å²) in [6, 6.07) is 0. The molecule has 2 aliphatic rings. The minimum absolute atomic E-state index is 0.478. The first-order chi connectivity index (χ1) is 7.24. The Balaban J connectivity index is 2.04. The minimum Gasteiger partial charge on any atom is -0.483 e. The summed E-state index contributed by atoms with van der Waals surface area (Å²) in [7, 11) is 0. The van der Waals surface area contributed by atoms with E-state index in [-0.39, 0.29) is 0 Å². The third-order valence-corrected chi connectivity index (χ3v) is 2.32. The lowest BCUT2D eigenvalue weighted by atomic mass is 10.3. The molecule has 0 amide bonds. The van der Waals surface area contributed by atoms with Crippen LogP contribution >= 0.6 is 25.3 Å². The Kier molecular flexibility index (Phi) is 3.33. The molecular weight excluding hydrogens is 232 g/mol. The van der Waals surface area contributed by atoms with Crippen LogP contribution in [0.5, 0.6) is 0 Å². The highest BCUT2D eigenvalue weighted by atomic mass is 32.1. The molecule has 0 aromatic heterocycles. The van der Waals surface area contributed by atoms with Crippen molar-refractivity contribution in [3.05, 3.63) is 46.0 Å². The Morgan fingerprint density at radius 3 is 1.80 bits per heavy atom. The lowest BCUT2D eigenvalue weighted by Crippen LogP contribution is -2.03. The number of allylic oxidation sites excluding steroid dienone is 2. The maximum Gasteiger partial charge on any atom is 0.154 e. The van der Waals surface area contributed by atoms with Gasteiger partial charge in [-0.1, -0.05) is 0 Å². The molecule has 5 heteroatoms. The van der Waals surface area contributed by atoms with Crippen molar-refractivity contribution in [2.45, 2.75) is 0 Å². The summed E-state index contributed by atoms with van der Waals surface area (Å²) < 4.78 is 15.8. The molecule has 15 heavy (non-hydrogen) atoms. The van der Waals surface area contributed by atoms with E-state index in [2.05, 4.69) is 25.3 Å². The van der Waals surface area contributed by atoms with Gasteiger partial charge in [0.1, 0.15) is 24.7 Å². The Hall–Kier alpha value is -0.940. The van der Waals surface area contributed by atoms with Gasteiger partial charge in [-0.3, -0.25) is 0 Å². The molecule has 3 nitrogen and oxygen atoms in total. The molecule has 0 atom stereocenters. The van der Waals surface area contributed by atoms with Crippen LogP contribution in [-0.2, 0) is 14.2 Å². The minimum atomic E-state index is 0.478. The Morgan fingerprint density at radius 1 is 0.933 bits per heavy atom. The second-order valence-corrected chi connectivity index (χ2v) is 3.78. The van der Waals surface area contributed by atoms with E-state index in [1.807, 2.05) is 12.2 Å². The van der Waals surface area contributed by atoms with E-state index < -0.39 is 0 Å². The summed E-state index contributed by atoms with van der Waals surface area (Å²) in [6.07, 6.45) is 7.11. The van der Waals surface area contributed by atoms with Crippen molar-refractivity contribution < 1.29 is 14.2 Å². The predicted molar refractivity (Wildman–Crippen MR) is 63.3 cm³/mol. The number of rotatable bonds is 2. The van der Waals surface area contributed by atoms with E-state index >= 15 is 0 Å². The van der Waals surface area contributed by atoms with Gasteiger partial charge in [0, 0.05) is 12.2 Å². The Labute approximate surface area is 98.9 Å². The maximum absolute atomic E-state index is 5.58. The van der Waals surface area contributed by atoms with Gasteiger partial charge in [-0.15, -0.1) is 25.3 Å². The predicted octanol–water partition coefficient (Wildman–Crippen LogP) is 2.37.